The van der Waals surface area contributed by atoms with Crippen molar-refractivity contribution in [3.8, 4) is 0 Å². The third-order valence-electron chi connectivity index (χ3n) is 0.251. The molecule has 0 aliphatic heterocycles. The lowest BCUT2D eigenvalue weighted by atomic mass is 11.3. The minimum atomic E-state index is -3.88. The molecule has 1 N–H and O–H groups in total. The smallest absolute Gasteiger partial charge is 0.282 e. The normalized spacial score (nSPS) is 12.9. The van der Waals surface area contributed by atoms with Crippen LogP contribution in [0.2, 0.25) is 0 Å². The van der Waals surface area contributed by atoms with Crippen molar-refractivity contribution in [1.82, 2.24) is 0 Å². The Morgan fingerprint density at radius 1 is 1.57 bits per heavy atom. The van der Waals surface area contributed by atoms with Gasteiger partial charge in [0.05, 0.1) is 5.41 Å². The molecule has 0 saturated heterocycles. The third-order valence-corrected chi connectivity index (χ3v) is 1.22. The third kappa shape index (κ3) is 6.08. The van der Waals surface area contributed by atoms with Gasteiger partial charge in [0.15, 0.2) is 0 Å². The number of rotatable bonds is 1. The topological polar surface area (TPSA) is 54.4 Å². The zero-order valence-corrected chi connectivity index (χ0v) is 5.38. The maximum Gasteiger partial charge on any atom is 0.287 e. The summed E-state index contributed by atoms with van der Waals surface area (Å²) in [4.78, 5) is 0. The summed E-state index contributed by atoms with van der Waals surface area (Å²) in [6, 6.07) is 0. The van der Waals surface area contributed by atoms with Crippen LogP contribution in [-0.2, 0) is 10.1 Å². The molecule has 0 aromatic rings. The molecular weight excluding hydrogens is 135 g/mol. The Hall–Kier alpha value is 0.0800. The molecule has 0 spiro atoms. The fourth-order valence-electron chi connectivity index (χ4n) is 0.0993. The number of hydrogen-bond donors (Lipinski definition) is 1. The largest absolute Gasteiger partial charge is 0.287 e. The van der Waals surface area contributed by atoms with Crippen LogP contribution >= 0.6 is 9.24 Å². The SMILES string of the molecule is O=S(=O)(O)C=CP. The van der Waals surface area contributed by atoms with Crippen LogP contribution in [-0.4, -0.2) is 13.0 Å². The van der Waals surface area contributed by atoms with E-state index in [9.17, 15) is 8.42 Å². The summed E-state index contributed by atoms with van der Waals surface area (Å²) in [5, 5.41) is 0.678. The highest BCUT2D eigenvalue weighted by Crippen LogP contribution is 1.88. The van der Waals surface area contributed by atoms with Gasteiger partial charge >= 0.3 is 0 Å². The van der Waals surface area contributed by atoms with Crippen LogP contribution in [0.15, 0.2) is 11.2 Å². The van der Waals surface area contributed by atoms with Crippen LogP contribution in [0.25, 0.3) is 0 Å². The molecule has 0 amide bonds. The molecule has 7 heavy (non-hydrogen) atoms. The Morgan fingerprint density at radius 3 is 2.00 bits per heavy atom. The van der Waals surface area contributed by atoms with Gasteiger partial charge in [-0.3, -0.25) is 4.55 Å². The van der Waals surface area contributed by atoms with Gasteiger partial charge in [0.25, 0.3) is 10.1 Å². The average molecular weight is 140 g/mol. The molecule has 0 aliphatic rings. The summed E-state index contributed by atoms with van der Waals surface area (Å²) in [5.41, 5.74) is 0. The zero-order valence-electron chi connectivity index (χ0n) is 3.40. The van der Waals surface area contributed by atoms with Gasteiger partial charge in [0.1, 0.15) is 0 Å². The minimum Gasteiger partial charge on any atom is -0.282 e. The molecule has 0 aliphatic carbocycles. The second-order valence-corrected chi connectivity index (χ2v) is 2.53. The molecule has 0 aromatic heterocycles. The van der Waals surface area contributed by atoms with Crippen molar-refractivity contribution < 1.29 is 13.0 Å². The summed E-state index contributed by atoms with van der Waals surface area (Å²) in [7, 11) is -1.85. The molecule has 0 radical (unpaired) electrons. The second kappa shape index (κ2) is 2.40. The first-order chi connectivity index (χ1) is 3.06. The van der Waals surface area contributed by atoms with Gasteiger partial charge in [-0.05, 0) is 0 Å². The molecular formula is C2H5O3PS. The molecule has 0 saturated carbocycles. The number of hydrogen-bond acceptors (Lipinski definition) is 2. The predicted octanol–water partition coefficient (Wildman–Crippen LogP) is 0.221. The highest BCUT2D eigenvalue weighted by Gasteiger charge is 1.90. The van der Waals surface area contributed by atoms with Gasteiger partial charge in [-0.25, -0.2) is 0 Å². The summed E-state index contributed by atoms with van der Waals surface area (Å²) in [6.07, 6.45) is 0. The lowest BCUT2D eigenvalue weighted by molar-refractivity contribution is 0.494. The van der Waals surface area contributed by atoms with Crippen LogP contribution in [0.1, 0.15) is 0 Å². The van der Waals surface area contributed by atoms with Gasteiger partial charge in [-0.2, -0.15) is 8.42 Å². The molecule has 5 heteroatoms. The average Bonchev–Trinajstić information content (AvgIpc) is 1.30. The molecule has 42 valence electrons. The van der Waals surface area contributed by atoms with Gasteiger partial charge in [0.2, 0.25) is 0 Å². The summed E-state index contributed by atoms with van der Waals surface area (Å²) in [5.74, 6) is 1.16. The summed E-state index contributed by atoms with van der Waals surface area (Å²) in [6.45, 7) is 0. The quantitative estimate of drug-likeness (QED) is 0.418. The molecule has 0 heterocycles. The Labute approximate surface area is 44.4 Å². The molecule has 0 bridgehead atoms. The standard InChI is InChI=1S/C2H5O3PS/c3-7(4,5)2-1-6/h1-2H,6H2,(H,3,4,5). The van der Waals surface area contributed by atoms with E-state index < -0.39 is 10.1 Å². The summed E-state index contributed by atoms with van der Waals surface area (Å²) >= 11 is 0. The molecule has 1 unspecified atom stereocenters. The van der Waals surface area contributed by atoms with Crippen LogP contribution in [0.5, 0.6) is 0 Å². The van der Waals surface area contributed by atoms with Crippen molar-refractivity contribution in [2.45, 2.75) is 0 Å². The molecule has 0 aromatic carbocycles. The lowest BCUT2D eigenvalue weighted by Gasteiger charge is -1.76. The first kappa shape index (κ1) is 7.08. The van der Waals surface area contributed by atoms with Gasteiger partial charge in [-0.1, -0.05) is 5.82 Å². The Morgan fingerprint density at radius 2 is 2.00 bits per heavy atom. The molecule has 3 nitrogen and oxygen atoms in total. The lowest BCUT2D eigenvalue weighted by Crippen LogP contribution is -1.87. The Bertz CT molecular complexity index is 156. The van der Waals surface area contributed by atoms with Crippen LogP contribution in [0, 0.1) is 0 Å². The van der Waals surface area contributed by atoms with Crippen molar-refractivity contribution in [3.63, 3.8) is 0 Å². The predicted molar refractivity (Wildman–Crippen MR) is 30.4 cm³/mol. The summed E-state index contributed by atoms with van der Waals surface area (Å²) < 4.78 is 27.3. The van der Waals surface area contributed by atoms with Crippen LogP contribution < -0.4 is 0 Å². The Kier molecular flexibility index (Phi) is 2.43. The fourth-order valence-corrected chi connectivity index (χ4v) is 0.894. The van der Waals surface area contributed by atoms with Crippen molar-refractivity contribution in [2.75, 3.05) is 0 Å². The van der Waals surface area contributed by atoms with E-state index in [0.29, 0.717) is 5.41 Å². The monoisotopic (exact) mass is 140 g/mol. The maximum atomic E-state index is 9.69. The van der Waals surface area contributed by atoms with E-state index in [2.05, 4.69) is 0 Å². The second-order valence-electron chi connectivity index (χ2n) is 0.844. The first-order valence-corrected chi connectivity index (χ1v) is 3.59. The first-order valence-electron chi connectivity index (χ1n) is 1.42. The van der Waals surface area contributed by atoms with E-state index in [0.717, 1.165) is 5.82 Å². The zero-order chi connectivity index (χ0) is 5.91. The van der Waals surface area contributed by atoms with E-state index >= 15 is 0 Å². The minimum absolute atomic E-state index is 0.678. The highest BCUT2D eigenvalue weighted by atomic mass is 32.2. The van der Waals surface area contributed by atoms with Crippen molar-refractivity contribution in [2.24, 2.45) is 0 Å². The van der Waals surface area contributed by atoms with E-state index in [4.69, 9.17) is 4.55 Å². The van der Waals surface area contributed by atoms with E-state index in [1.54, 1.807) is 0 Å². The van der Waals surface area contributed by atoms with Crippen molar-refractivity contribution >= 4 is 19.4 Å². The highest BCUT2D eigenvalue weighted by molar-refractivity contribution is 7.88. The molecule has 0 fully saturated rings. The van der Waals surface area contributed by atoms with E-state index in [1.807, 2.05) is 9.24 Å². The van der Waals surface area contributed by atoms with Gasteiger partial charge in [-0.15, -0.1) is 9.24 Å². The molecule has 1 atom stereocenters. The Balaban J connectivity index is 4.13. The van der Waals surface area contributed by atoms with Gasteiger partial charge in [0, 0.05) is 0 Å². The molecule has 0 rings (SSSR count). The van der Waals surface area contributed by atoms with Crippen molar-refractivity contribution in [3.05, 3.63) is 11.2 Å². The van der Waals surface area contributed by atoms with Gasteiger partial charge < -0.3 is 0 Å². The van der Waals surface area contributed by atoms with Crippen LogP contribution in [0.3, 0.4) is 0 Å². The van der Waals surface area contributed by atoms with Crippen LogP contribution in [0.4, 0.5) is 0 Å². The van der Waals surface area contributed by atoms with E-state index in [1.165, 1.54) is 0 Å². The maximum absolute atomic E-state index is 9.69. The fraction of sp³-hybridized carbons (Fsp3) is 0. The van der Waals surface area contributed by atoms with E-state index in [-0.39, 0.29) is 0 Å². The van der Waals surface area contributed by atoms with Crippen molar-refractivity contribution in [1.29, 1.82) is 0 Å².